The molecule has 5 nitrogen and oxygen atoms in total. The number of Topliss-reactive ketones (excluding diaryl/α,β-unsaturated/α-hetero) is 1. The normalized spacial score (nSPS) is 13.2. The van der Waals surface area contributed by atoms with Crippen LogP contribution in [-0.4, -0.2) is 27.1 Å². The molecular weight excluding hydrogens is 220 g/mol. The number of carbonyl (C=O) groups excluding carboxylic acids is 2. The average Bonchev–Trinajstić information content (AvgIpc) is 2.60. The summed E-state index contributed by atoms with van der Waals surface area (Å²) < 4.78 is 6.68. The standard InChI is InChI=1S/C12H18N2O3/c1-8(11(16)17-12(2,3)4)10(15)9-6-7-14(5)13-9/h6-8H,1-5H3. The topological polar surface area (TPSA) is 61.2 Å². The monoisotopic (exact) mass is 238 g/mol. The van der Waals surface area contributed by atoms with Gasteiger partial charge in [-0.3, -0.25) is 14.3 Å². The minimum Gasteiger partial charge on any atom is -0.459 e. The molecule has 0 spiro atoms. The largest absolute Gasteiger partial charge is 0.459 e. The van der Waals surface area contributed by atoms with Gasteiger partial charge in [0.05, 0.1) is 0 Å². The fraction of sp³-hybridized carbons (Fsp3) is 0.583. The Bertz CT molecular complexity index is 429. The molecule has 0 aliphatic rings. The Labute approximate surface area is 101 Å². The number of hydrogen-bond acceptors (Lipinski definition) is 4. The number of carbonyl (C=O) groups is 2. The number of aromatic nitrogens is 2. The van der Waals surface area contributed by atoms with Crippen molar-refractivity contribution in [3.8, 4) is 0 Å². The number of esters is 1. The summed E-state index contributed by atoms with van der Waals surface area (Å²) >= 11 is 0. The minimum atomic E-state index is -0.830. The number of aryl methyl sites for hydroxylation is 1. The second-order valence-corrected chi connectivity index (χ2v) is 4.99. The lowest BCUT2D eigenvalue weighted by molar-refractivity contribution is -0.157. The van der Waals surface area contributed by atoms with Crippen LogP contribution in [0.5, 0.6) is 0 Å². The molecule has 0 N–H and O–H groups in total. The summed E-state index contributed by atoms with van der Waals surface area (Å²) in [6.45, 7) is 6.83. The van der Waals surface area contributed by atoms with Gasteiger partial charge >= 0.3 is 5.97 Å². The lowest BCUT2D eigenvalue weighted by Gasteiger charge is -2.21. The van der Waals surface area contributed by atoms with Crippen molar-refractivity contribution in [3.63, 3.8) is 0 Å². The van der Waals surface area contributed by atoms with Crippen molar-refractivity contribution in [1.82, 2.24) is 9.78 Å². The van der Waals surface area contributed by atoms with Gasteiger partial charge < -0.3 is 4.74 Å². The van der Waals surface area contributed by atoms with Crippen LogP contribution < -0.4 is 0 Å². The molecule has 0 saturated carbocycles. The van der Waals surface area contributed by atoms with E-state index < -0.39 is 17.5 Å². The van der Waals surface area contributed by atoms with Gasteiger partial charge in [0.15, 0.2) is 5.78 Å². The molecule has 0 fully saturated rings. The third-order valence-corrected chi connectivity index (χ3v) is 2.12. The lowest BCUT2D eigenvalue weighted by atomic mass is 10.0. The maximum atomic E-state index is 11.9. The van der Waals surface area contributed by atoms with E-state index in [1.807, 2.05) is 0 Å². The van der Waals surface area contributed by atoms with Gasteiger partial charge in [0.1, 0.15) is 17.2 Å². The van der Waals surface area contributed by atoms with Gasteiger partial charge in [0.25, 0.3) is 0 Å². The predicted molar refractivity (Wildman–Crippen MR) is 62.5 cm³/mol. The molecule has 5 heteroatoms. The molecule has 1 rings (SSSR count). The van der Waals surface area contributed by atoms with E-state index >= 15 is 0 Å². The van der Waals surface area contributed by atoms with Crippen molar-refractivity contribution < 1.29 is 14.3 Å². The fourth-order valence-corrected chi connectivity index (χ4v) is 1.27. The summed E-state index contributed by atoms with van der Waals surface area (Å²) in [6, 6.07) is 1.59. The zero-order valence-electron chi connectivity index (χ0n) is 10.9. The third-order valence-electron chi connectivity index (χ3n) is 2.12. The van der Waals surface area contributed by atoms with Crippen LogP contribution in [0.1, 0.15) is 38.2 Å². The summed E-state index contributed by atoms with van der Waals surface area (Å²) in [7, 11) is 1.72. The maximum Gasteiger partial charge on any atom is 0.317 e. The molecule has 0 aliphatic carbocycles. The van der Waals surface area contributed by atoms with Crippen LogP contribution in [0, 0.1) is 5.92 Å². The highest BCUT2D eigenvalue weighted by Gasteiger charge is 2.28. The van der Waals surface area contributed by atoms with Crippen molar-refractivity contribution in [1.29, 1.82) is 0 Å². The first-order chi connectivity index (χ1) is 7.70. The summed E-state index contributed by atoms with van der Waals surface area (Å²) in [5, 5.41) is 3.97. The van der Waals surface area contributed by atoms with E-state index in [4.69, 9.17) is 4.74 Å². The molecule has 17 heavy (non-hydrogen) atoms. The molecule has 0 bridgehead atoms. The zero-order valence-corrected chi connectivity index (χ0v) is 10.9. The molecule has 0 radical (unpaired) electrons. The van der Waals surface area contributed by atoms with Gasteiger partial charge in [-0.05, 0) is 33.8 Å². The Balaban J connectivity index is 2.73. The number of ketones is 1. The van der Waals surface area contributed by atoms with E-state index in [0.717, 1.165) is 0 Å². The highest BCUT2D eigenvalue weighted by Crippen LogP contribution is 2.14. The van der Waals surface area contributed by atoms with Crippen molar-refractivity contribution in [3.05, 3.63) is 18.0 Å². The molecule has 1 heterocycles. The number of hydrogen-bond donors (Lipinski definition) is 0. The van der Waals surface area contributed by atoms with Gasteiger partial charge in [0, 0.05) is 13.2 Å². The van der Waals surface area contributed by atoms with Gasteiger partial charge in [-0.1, -0.05) is 0 Å². The average molecular weight is 238 g/mol. The zero-order chi connectivity index (χ0) is 13.2. The molecule has 0 saturated heterocycles. The minimum absolute atomic E-state index is 0.283. The molecule has 1 unspecified atom stereocenters. The van der Waals surface area contributed by atoms with E-state index in [9.17, 15) is 9.59 Å². The second kappa shape index (κ2) is 4.69. The van der Waals surface area contributed by atoms with Gasteiger partial charge in [-0.25, -0.2) is 0 Å². The van der Waals surface area contributed by atoms with Crippen LogP contribution in [0.2, 0.25) is 0 Å². The van der Waals surface area contributed by atoms with Crippen molar-refractivity contribution in [2.24, 2.45) is 13.0 Å². The molecule has 0 amide bonds. The van der Waals surface area contributed by atoms with Crippen LogP contribution in [0.4, 0.5) is 0 Å². The van der Waals surface area contributed by atoms with E-state index in [1.54, 1.807) is 40.1 Å². The van der Waals surface area contributed by atoms with Crippen LogP contribution in [-0.2, 0) is 16.6 Å². The van der Waals surface area contributed by atoms with E-state index in [1.165, 1.54) is 11.6 Å². The summed E-state index contributed by atoms with van der Waals surface area (Å²) in [5.74, 6) is -1.67. The third kappa shape index (κ3) is 3.69. The van der Waals surface area contributed by atoms with Crippen molar-refractivity contribution in [2.45, 2.75) is 33.3 Å². The highest BCUT2D eigenvalue weighted by molar-refractivity contribution is 6.07. The van der Waals surface area contributed by atoms with Crippen molar-refractivity contribution >= 4 is 11.8 Å². The van der Waals surface area contributed by atoms with Gasteiger partial charge in [0.2, 0.25) is 0 Å². The lowest BCUT2D eigenvalue weighted by Crippen LogP contribution is -2.31. The Morgan fingerprint density at radius 1 is 1.41 bits per heavy atom. The molecule has 1 aromatic rings. The molecule has 1 atom stereocenters. The molecule has 1 aromatic heterocycles. The quantitative estimate of drug-likeness (QED) is 0.455. The van der Waals surface area contributed by atoms with Crippen LogP contribution >= 0.6 is 0 Å². The van der Waals surface area contributed by atoms with E-state index in [-0.39, 0.29) is 11.5 Å². The smallest absolute Gasteiger partial charge is 0.317 e. The SMILES string of the molecule is CC(C(=O)OC(C)(C)C)C(=O)c1ccn(C)n1. The van der Waals surface area contributed by atoms with Gasteiger partial charge in [-0.2, -0.15) is 5.10 Å². The maximum absolute atomic E-state index is 11.9. The Hall–Kier alpha value is -1.65. The molecule has 94 valence electrons. The predicted octanol–water partition coefficient (Wildman–Crippen LogP) is 1.58. The number of nitrogens with zero attached hydrogens (tertiary/aromatic N) is 2. The van der Waals surface area contributed by atoms with Crippen LogP contribution in [0.3, 0.4) is 0 Å². The summed E-state index contributed by atoms with van der Waals surface area (Å²) in [5.41, 5.74) is -0.304. The van der Waals surface area contributed by atoms with E-state index in [2.05, 4.69) is 5.10 Å². The highest BCUT2D eigenvalue weighted by atomic mass is 16.6. The molecule has 0 aliphatic heterocycles. The Kier molecular flexibility index (Phi) is 3.70. The number of ether oxygens (including phenoxy) is 1. The first-order valence-corrected chi connectivity index (χ1v) is 5.47. The Morgan fingerprint density at radius 2 is 2.00 bits per heavy atom. The summed E-state index contributed by atoms with van der Waals surface area (Å²) in [4.78, 5) is 23.6. The van der Waals surface area contributed by atoms with Crippen LogP contribution in [0.15, 0.2) is 12.3 Å². The van der Waals surface area contributed by atoms with Gasteiger partial charge in [-0.15, -0.1) is 0 Å². The first kappa shape index (κ1) is 13.4. The Morgan fingerprint density at radius 3 is 2.41 bits per heavy atom. The second-order valence-electron chi connectivity index (χ2n) is 4.99. The van der Waals surface area contributed by atoms with Crippen LogP contribution in [0.25, 0.3) is 0 Å². The molecular formula is C12H18N2O3. The first-order valence-electron chi connectivity index (χ1n) is 5.47. The summed E-state index contributed by atoms with van der Waals surface area (Å²) in [6.07, 6.45) is 1.66. The fourth-order valence-electron chi connectivity index (χ4n) is 1.27. The van der Waals surface area contributed by atoms with E-state index in [0.29, 0.717) is 0 Å². The molecule has 0 aromatic carbocycles. The number of rotatable bonds is 3. The van der Waals surface area contributed by atoms with Crippen molar-refractivity contribution in [2.75, 3.05) is 0 Å².